The molecule has 5 aromatic rings. The highest BCUT2D eigenvalue weighted by atomic mass is 79.9. The normalized spacial score (nSPS) is 11.3. The summed E-state index contributed by atoms with van der Waals surface area (Å²) in [7, 11) is 0. The summed E-state index contributed by atoms with van der Waals surface area (Å²) in [5, 5.41) is 2.68. The molecule has 0 unspecified atom stereocenters. The summed E-state index contributed by atoms with van der Waals surface area (Å²) >= 11 is 5.38. The highest BCUT2D eigenvalue weighted by Crippen LogP contribution is 2.38. The van der Waals surface area contributed by atoms with Gasteiger partial charge in [-0.1, -0.05) is 76.6 Å². The van der Waals surface area contributed by atoms with E-state index in [1.54, 1.807) is 0 Å². The molecule has 0 N–H and O–H groups in total. The van der Waals surface area contributed by atoms with Gasteiger partial charge in [-0.15, -0.1) is 11.3 Å². The minimum atomic E-state index is 1.11. The van der Waals surface area contributed by atoms with Gasteiger partial charge in [0.1, 0.15) is 0 Å². The van der Waals surface area contributed by atoms with E-state index >= 15 is 0 Å². The SMILES string of the molecule is Brc1ccc(-c2ccc3c(c2)sc2ccc(-c4ccccc4)cc23)cc1. The van der Waals surface area contributed by atoms with Crippen molar-refractivity contribution in [1.29, 1.82) is 0 Å². The van der Waals surface area contributed by atoms with Gasteiger partial charge >= 0.3 is 0 Å². The molecule has 0 saturated carbocycles. The molecule has 124 valence electrons. The van der Waals surface area contributed by atoms with E-state index in [9.17, 15) is 0 Å². The average molecular weight is 415 g/mol. The molecule has 0 fully saturated rings. The maximum Gasteiger partial charge on any atom is 0.0361 e. The number of thiophene rings is 1. The first-order valence-electron chi connectivity index (χ1n) is 8.56. The van der Waals surface area contributed by atoms with Crippen molar-refractivity contribution in [1.82, 2.24) is 0 Å². The fourth-order valence-corrected chi connectivity index (χ4v) is 4.80. The zero-order valence-electron chi connectivity index (χ0n) is 13.9. The van der Waals surface area contributed by atoms with E-state index < -0.39 is 0 Å². The third kappa shape index (κ3) is 2.76. The lowest BCUT2D eigenvalue weighted by atomic mass is 10.0. The minimum absolute atomic E-state index is 1.11. The van der Waals surface area contributed by atoms with Crippen LogP contribution < -0.4 is 0 Å². The van der Waals surface area contributed by atoms with Crippen LogP contribution in [0, 0.1) is 0 Å². The number of rotatable bonds is 2. The van der Waals surface area contributed by atoms with Gasteiger partial charge < -0.3 is 0 Å². The van der Waals surface area contributed by atoms with Gasteiger partial charge in [-0.2, -0.15) is 0 Å². The lowest BCUT2D eigenvalue weighted by molar-refractivity contribution is 1.62. The standard InChI is InChI=1S/C24H15BrS/c25-20-10-6-17(7-11-20)19-8-12-21-22-14-18(16-4-2-1-3-5-16)9-13-23(22)26-24(21)15-19/h1-15H. The summed E-state index contributed by atoms with van der Waals surface area (Å²) in [5.74, 6) is 0. The van der Waals surface area contributed by atoms with Crippen molar-refractivity contribution in [2.75, 3.05) is 0 Å². The lowest BCUT2D eigenvalue weighted by Crippen LogP contribution is -1.78. The molecule has 0 spiro atoms. The first-order valence-corrected chi connectivity index (χ1v) is 10.2. The van der Waals surface area contributed by atoms with Crippen LogP contribution in [0.25, 0.3) is 42.4 Å². The van der Waals surface area contributed by atoms with Crippen LogP contribution in [0.3, 0.4) is 0 Å². The van der Waals surface area contributed by atoms with Crippen molar-refractivity contribution in [3.63, 3.8) is 0 Å². The van der Waals surface area contributed by atoms with Crippen molar-refractivity contribution >= 4 is 47.4 Å². The molecular formula is C24H15BrS. The Morgan fingerprint density at radius 2 is 1.15 bits per heavy atom. The van der Waals surface area contributed by atoms with Crippen LogP contribution in [0.2, 0.25) is 0 Å². The largest absolute Gasteiger partial charge is 0.135 e. The van der Waals surface area contributed by atoms with E-state index in [4.69, 9.17) is 0 Å². The Kier molecular flexibility index (Phi) is 3.88. The fourth-order valence-electron chi connectivity index (χ4n) is 3.41. The molecule has 0 aliphatic rings. The molecule has 0 amide bonds. The molecule has 5 rings (SSSR count). The predicted molar refractivity (Wildman–Crippen MR) is 118 cm³/mol. The van der Waals surface area contributed by atoms with Crippen LogP contribution in [0.1, 0.15) is 0 Å². The van der Waals surface area contributed by atoms with Crippen molar-refractivity contribution in [3.8, 4) is 22.3 Å². The minimum Gasteiger partial charge on any atom is -0.135 e. The van der Waals surface area contributed by atoms with Gasteiger partial charge in [0.25, 0.3) is 0 Å². The van der Waals surface area contributed by atoms with Gasteiger partial charge in [0.2, 0.25) is 0 Å². The van der Waals surface area contributed by atoms with Gasteiger partial charge in [0.05, 0.1) is 0 Å². The number of benzene rings is 4. The Hall–Kier alpha value is -2.42. The molecule has 0 nitrogen and oxygen atoms in total. The number of hydrogen-bond donors (Lipinski definition) is 0. The number of fused-ring (bicyclic) bond motifs is 3. The molecular weight excluding hydrogens is 400 g/mol. The van der Waals surface area contributed by atoms with Gasteiger partial charge in [0, 0.05) is 24.6 Å². The van der Waals surface area contributed by atoms with E-state index in [0.717, 1.165) is 4.47 Å². The summed E-state index contributed by atoms with van der Waals surface area (Å²) in [6, 6.07) is 32.7. The molecule has 0 radical (unpaired) electrons. The molecule has 26 heavy (non-hydrogen) atoms. The average Bonchev–Trinajstić information content (AvgIpc) is 3.06. The topological polar surface area (TPSA) is 0 Å². The van der Waals surface area contributed by atoms with Crippen molar-refractivity contribution in [3.05, 3.63) is 95.5 Å². The van der Waals surface area contributed by atoms with Crippen LogP contribution in [0.15, 0.2) is 95.5 Å². The Morgan fingerprint density at radius 3 is 1.96 bits per heavy atom. The van der Waals surface area contributed by atoms with Crippen LogP contribution in [0.5, 0.6) is 0 Å². The second-order valence-corrected chi connectivity index (χ2v) is 8.40. The first-order chi connectivity index (χ1) is 12.8. The summed E-state index contributed by atoms with van der Waals surface area (Å²) < 4.78 is 3.79. The highest BCUT2D eigenvalue weighted by molar-refractivity contribution is 9.10. The third-order valence-electron chi connectivity index (χ3n) is 4.76. The number of hydrogen-bond acceptors (Lipinski definition) is 1. The Bertz CT molecular complexity index is 1220. The maximum atomic E-state index is 3.51. The predicted octanol–water partition coefficient (Wildman–Crippen LogP) is 8.15. The zero-order chi connectivity index (χ0) is 17.5. The molecule has 4 aromatic carbocycles. The first kappa shape index (κ1) is 15.8. The van der Waals surface area contributed by atoms with Crippen LogP contribution in [0.4, 0.5) is 0 Å². The molecule has 1 aromatic heterocycles. The van der Waals surface area contributed by atoms with Crippen molar-refractivity contribution < 1.29 is 0 Å². The molecule has 0 atom stereocenters. The van der Waals surface area contributed by atoms with Crippen molar-refractivity contribution in [2.45, 2.75) is 0 Å². The molecule has 2 heteroatoms. The molecule has 0 aliphatic heterocycles. The summed E-state index contributed by atoms with van der Waals surface area (Å²) in [6.07, 6.45) is 0. The van der Waals surface area contributed by atoms with Gasteiger partial charge in [-0.3, -0.25) is 0 Å². The smallest absolute Gasteiger partial charge is 0.0361 e. The molecule has 1 heterocycles. The third-order valence-corrected chi connectivity index (χ3v) is 6.42. The van der Waals surface area contributed by atoms with E-state index in [-0.39, 0.29) is 0 Å². The quantitative estimate of drug-likeness (QED) is 0.273. The molecule has 0 aliphatic carbocycles. The second-order valence-electron chi connectivity index (χ2n) is 6.40. The summed E-state index contributed by atoms with van der Waals surface area (Å²) in [6.45, 7) is 0. The lowest BCUT2D eigenvalue weighted by Gasteiger charge is -2.03. The van der Waals surface area contributed by atoms with Gasteiger partial charge in [-0.25, -0.2) is 0 Å². The Morgan fingerprint density at radius 1 is 0.500 bits per heavy atom. The summed E-state index contributed by atoms with van der Waals surface area (Å²) in [4.78, 5) is 0. The number of halogens is 1. The molecule has 0 saturated heterocycles. The van der Waals surface area contributed by atoms with Crippen LogP contribution in [-0.2, 0) is 0 Å². The van der Waals surface area contributed by atoms with Crippen molar-refractivity contribution in [2.24, 2.45) is 0 Å². The maximum absolute atomic E-state index is 3.51. The van der Waals surface area contributed by atoms with Gasteiger partial charge in [-0.05, 0) is 52.6 Å². The highest BCUT2D eigenvalue weighted by Gasteiger charge is 2.08. The van der Waals surface area contributed by atoms with E-state index in [2.05, 4.69) is 107 Å². The zero-order valence-corrected chi connectivity index (χ0v) is 16.3. The molecule has 0 bridgehead atoms. The van der Waals surface area contributed by atoms with E-state index in [1.165, 1.54) is 42.4 Å². The van der Waals surface area contributed by atoms with Gasteiger partial charge in [0.15, 0.2) is 0 Å². The Balaban J connectivity index is 1.66. The van der Waals surface area contributed by atoms with Crippen LogP contribution in [-0.4, -0.2) is 0 Å². The fraction of sp³-hybridized carbons (Fsp3) is 0. The van der Waals surface area contributed by atoms with E-state index in [0.29, 0.717) is 0 Å². The van der Waals surface area contributed by atoms with E-state index in [1.807, 2.05) is 11.3 Å². The monoisotopic (exact) mass is 414 g/mol. The van der Waals surface area contributed by atoms with Crippen LogP contribution >= 0.6 is 27.3 Å². The Labute approximate surface area is 164 Å². The second kappa shape index (κ2) is 6.39. The summed E-state index contributed by atoms with van der Waals surface area (Å²) in [5.41, 5.74) is 5.05.